The van der Waals surface area contributed by atoms with Crippen molar-refractivity contribution in [2.24, 2.45) is 0 Å². The molecule has 0 saturated heterocycles. The van der Waals surface area contributed by atoms with Crippen molar-refractivity contribution in [2.45, 2.75) is 52.4 Å². The standard InChI is InChI=1S/C134H84N6O8/c1-133(2,3)106-40-20-34-97-99-38-24-44-110(129(99)147-125(97)106)138(86-28-12-8-13-29-86)90-57-52-78-66-103-116(70-82(78)62-90)145-131-105(74-136)119(132-123(122(103)131)104-67-79-53-58-91(63-83(79)71-117(104)146-132)139(87-30-14-9-15-31-87)111-45-25-39-100-98-35-21-41-107(134(4,5)6)126(98)148-130(100)111)75-48-54-88(55-49-75)140(109-43-23-37-96-94-33-17-19-47-113(94)143-128(96)109)92-59-50-76-64-101-114(68-80(76)60-92)141-118-72-84(73-135)124-121(120(101)118)102-65-77-51-56-89(61-81(77)69-115(102)144-124)137(85-26-10-7-11-27-85)108-42-22-36-95-93-32-16-18-46-112(93)142-127(95)108/h7-72H,1-6H3. The first-order chi connectivity index (χ1) is 72.5. The Hall–Kier alpha value is -19.5. The molecule has 0 amide bonds. The third kappa shape index (κ3) is 12.7. The second kappa shape index (κ2) is 31.5. The van der Waals surface area contributed by atoms with Crippen LogP contribution in [0.5, 0.6) is 0 Å². The van der Waals surface area contributed by atoms with Crippen molar-refractivity contribution in [2.75, 3.05) is 19.6 Å². The number of fused-ring (bicyclic) bond motifs is 30. The number of rotatable bonds is 13. The Bertz CT molecular complexity index is 11100. The summed E-state index contributed by atoms with van der Waals surface area (Å²) in [5, 5.41) is 46.0. The summed E-state index contributed by atoms with van der Waals surface area (Å²) in [6, 6.07) is 145. The molecule has 30 rings (SSSR count). The summed E-state index contributed by atoms with van der Waals surface area (Å²) < 4.78 is 56.9. The van der Waals surface area contributed by atoms with Gasteiger partial charge in [-0.15, -0.1) is 0 Å². The highest BCUT2D eigenvalue weighted by atomic mass is 16.4. The second-order valence-corrected chi connectivity index (χ2v) is 41.1. The Morgan fingerprint density at radius 3 is 0.892 bits per heavy atom. The fourth-order valence-corrected chi connectivity index (χ4v) is 23.6. The van der Waals surface area contributed by atoms with Gasteiger partial charge in [-0.2, -0.15) is 10.5 Å². The van der Waals surface area contributed by atoms with Gasteiger partial charge in [-0.3, -0.25) is 0 Å². The number of hydrogen-bond donors (Lipinski definition) is 0. The molecule has 14 heteroatoms. The molecule has 0 atom stereocenters. The first-order valence-corrected chi connectivity index (χ1v) is 50.0. The van der Waals surface area contributed by atoms with Crippen LogP contribution in [0.2, 0.25) is 0 Å². The van der Waals surface area contributed by atoms with Crippen molar-refractivity contribution in [3.63, 3.8) is 0 Å². The summed E-state index contributed by atoms with van der Waals surface area (Å²) in [6.07, 6.45) is 0. The monoisotopic (exact) mass is 1900 g/mol. The zero-order valence-electron chi connectivity index (χ0n) is 81.1. The minimum absolute atomic E-state index is 0.169. The van der Waals surface area contributed by atoms with Crippen molar-refractivity contribution in [3.8, 4) is 23.3 Å². The summed E-state index contributed by atoms with van der Waals surface area (Å²) >= 11 is 0. The lowest BCUT2D eigenvalue weighted by atomic mass is 9.86. The van der Waals surface area contributed by atoms with Gasteiger partial charge in [0.25, 0.3) is 0 Å². The lowest BCUT2D eigenvalue weighted by molar-refractivity contribution is 0.572. The second-order valence-electron chi connectivity index (χ2n) is 41.1. The van der Waals surface area contributed by atoms with Crippen molar-refractivity contribution in [1.29, 1.82) is 10.5 Å². The van der Waals surface area contributed by atoms with Gasteiger partial charge >= 0.3 is 0 Å². The first-order valence-electron chi connectivity index (χ1n) is 50.0. The number of benzene rings is 22. The predicted octanol–water partition coefficient (Wildman–Crippen LogP) is 39.4. The zero-order chi connectivity index (χ0) is 98.5. The van der Waals surface area contributed by atoms with E-state index in [2.05, 4.69) is 413 Å². The van der Waals surface area contributed by atoms with Gasteiger partial charge in [0.1, 0.15) is 73.5 Å². The van der Waals surface area contributed by atoms with Crippen LogP contribution in [-0.2, 0) is 10.8 Å². The van der Waals surface area contributed by atoms with Crippen LogP contribution in [-0.4, -0.2) is 0 Å². The van der Waals surface area contributed by atoms with Crippen molar-refractivity contribution < 1.29 is 35.3 Å². The molecule has 0 aliphatic carbocycles. The van der Waals surface area contributed by atoms with E-state index in [4.69, 9.17) is 35.3 Å². The summed E-state index contributed by atoms with van der Waals surface area (Å²) in [5.41, 5.74) is 25.7. The number of nitrogens with zero attached hydrogens (tertiary/aromatic N) is 6. The molecule has 0 aliphatic rings. The predicted molar refractivity (Wildman–Crippen MR) is 606 cm³/mol. The lowest BCUT2D eigenvalue weighted by Gasteiger charge is -2.26. The Kier molecular flexibility index (Phi) is 17.9. The van der Waals surface area contributed by atoms with E-state index in [9.17, 15) is 10.5 Å². The zero-order valence-corrected chi connectivity index (χ0v) is 81.1. The van der Waals surface area contributed by atoms with Crippen LogP contribution in [0.3, 0.4) is 0 Å². The Balaban J connectivity index is 0.580. The molecule has 698 valence electrons. The molecular formula is C134H84N6O8. The van der Waals surface area contributed by atoms with Gasteiger partial charge < -0.3 is 54.9 Å². The molecule has 0 radical (unpaired) electrons. The molecule has 8 aromatic heterocycles. The number of para-hydroxylation sites is 11. The van der Waals surface area contributed by atoms with E-state index < -0.39 is 0 Å². The van der Waals surface area contributed by atoms with Gasteiger partial charge in [0.2, 0.25) is 0 Å². The molecule has 0 saturated carbocycles. The van der Waals surface area contributed by atoms with Crippen molar-refractivity contribution >= 4 is 287 Å². The van der Waals surface area contributed by atoms with Gasteiger partial charge in [-0.1, -0.05) is 254 Å². The Labute approximate surface area is 844 Å². The van der Waals surface area contributed by atoms with E-state index in [-0.39, 0.29) is 10.8 Å². The fraction of sp³-hybridized carbons (Fsp3) is 0.0597. The first kappa shape index (κ1) is 84.2. The number of nitriles is 2. The van der Waals surface area contributed by atoms with E-state index in [1.54, 1.807) is 0 Å². The summed E-state index contributed by atoms with van der Waals surface area (Å²) in [6.45, 7) is 13.4. The smallest absolute Gasteiger partial charge is 0.159 e. The molecular weight excluding hydrogens is 1820 g/mol. The average molecular weight is 1910 g/mol. The van der Waals surface area contributed by atoms with Gasteiger partial charge in [-0.25, -0.2) is 0 Å². The van der Waals surface area contributed by atoms with Crippen LogP contribution in [0.1, 0.15) is 63.8 Å². The van der Waals surface area contributed by atoms with E-state index in [0.717, 1.165) is 253 Å². The Morgan fingerprint density at radius 2 is 0.500 bits per heavy atom. The molecule has 0 N–H and O–H groups in total. The number of hydrogen-bond acceptors (Lipinski definition) is 14. The third-order valence-electron chi connectivity index (χ3n) is 30.4. The van der Waals surface area contributed by atoms with Crippen molar-refractivity contribution in [1.82, 2.24) is 0 Å². The Morgan fingerprint density at radius 1 is 0.196 bits per heavy atom. The molecule has 22 aromatic carbocycles. The molecule has 0 spiro atoms. The SMILES string of the molecule is CC(C)(C)c1cccc2c1oc1c(N(c3ccccc3)c3ccc4cc5c(cc4c3)oc3c(C#N)c(-c4ccc(N(c6ccc7cc8c(cc7c6)oc6cc(C#N)c7oc9cc%10cc(N(c%11ccccc%11)c%11cccc%12c%11oc%11ccccc%11%12)ccc%10cc9c7c68)c6cccc7c6oc6ccccc67)cc4)c4oc6cc7cc(N(c8ccccc8)c8cccc9c8oc8c(C(C)(C)C)cccc89)ccc7cc6c4c35)cccc12. The van der Waals surface area contributed by atoms with Gasteiger partial charge in [0.15, 0.2) is 33.5 Å². The summed E-state index contributed by atoms with van der Waals surface area (Å²) in [5.74, 6) is 0. The molecule has 0 aliphatic heterocycles. The van der Waals surface area contributed by atoms with Gasteiger partial charge in [-0.05, 0) is 241 Å². The topological polar surface area (TPSA) is 166 Å². The molecule has 8 heterocycles. The molecule has 30 aromatic rings. The van der Waals surface area contributed by atoms with E-state index in [1.165, 1.54) is 0 Å². The maximum Gasteiger partial charge on any atom is 0.159 e. The van der Waals surface area contributed by atoms with Crippen LogP contribution in [0.25, 0.3) is 230 Å². The largest absolute Gasteiger partial charge is 0.456 e. The number of furan rings is 8. The number of anilines is 12. The molecule has 14 nitrogen and oxygen atoms in total. The van der Waals surface area contributed by atoms with Crippen LogP contribution in [0.4, 0.5) is 68.2 Å². The summed E-state index contributed by atoms with van der Waals surface area (Å²) in [7, 11) is 0. The van der Waals surface area contributed by atoms with Gasteiger partial charge in [0.05, 0.1) is 28.3 Å². The van der Waals surface area contributed by atoms with E-state index in [1.807, 2.05) is 60.7 Å². The summed E-state index contributed by atoms with van der Waals surface area (Å²) in [4.78, 5) is 9.05. The maximum atomic E-state index is 12.3. The van der Waals surface area contributed by atoms with Crippen LogP contribution >= 0.6 is 0 Å². The fourth-order valence-electron chi connectivity index (χ4n) is 23.6. The van der Waals surface area contributed by atoms with Crippen molar-refractivity contribution in [3.05, 3.63) is 423 Å². The minimum atomic E-state index is -0.172. The van der Waals surface area contributed by atoms with Gasteiger partial charge in [0, 0.05) is 154 Å². The highest BCUT2D eigenvalue weighted by molar-refractivity contribution is 6.33. The van der Waals surface area contributed by atoms with Crippen LogP contribution < -0.4 is 19.6 Å². The molecule has 0 unspecified atom stereocenters. The van der Waals surface area contributed by atoms with E-state index in [0.29, 0.717) is 66.9 Å². The normalized spacial score (nSPS) is 12.4. The average Bonchev–Trinajstić information content (AvgIpc) is 1.57. The van der Waals surface area contributed by atoms with Crippen LogP contribution in [0.15, 0.2) is 436 Å². The van der Waals surface area contributed by atoms with Crippen LogP contribution in [0, 0.1) is 22.7 Å². The maximum absolute atomic E-state index is 12.3. The molecule has 0 fully saturated rings. The third-order valence-corrected chi connectivity index (χ3v) is 30.4. The van der Waals surface area contributed by atoms with E-state index >= 15 is 0 Å². The highest BCUT2D eigenvalue weighted by Gasteiger charge is 2.34. The molecule has 0 bridgehead atoms. The highest BCUT2D eigenvalue weighted by Crippen LogP contribution is 2.56. The molecule has 148 heavy (non-hydrogen) atoms. The lowest BCUT2D eigenvalue weighted by Crippen LogP contribution is -2.11. The minimum Gasteiger partial charge on any atom is -0.456 e. The quantitative estimate of drug-likeness (QED) is 0.107.